The van der Waals surface area contributed by atoms with Crippen LogP contribution in [0.25, 0.3) is 0 Å². The summed E-state index contributed by atoms with van der Waals surface area (Å²) in [6.45, 7) is 5.86. The molecule has 1 atom stereocenters. The van der Waals surface area contributed by atoms with Crippen LogP contribution in [-0.2, 0) is 16.1 Å². The Bertz CT molecular complexity index is 811. The number of hydrogen-bond acceptors (Lipinski definition) is 3. The minimum atomic E-state index is -0.603. The Morgan fingerprint density at radius 3 is 2.21 bits per heavy atom. The molecular formula is C22H26Cl2N2O2S. The van der Waals surface area contributed by atoms with Crippen LogP contribution in [0.1, 0.15) is 32.8 Å². The van der Waals surface area contributed by atoms with E-state index in [-0.39, 0.29) is 30.2 Å². The molecule has 2 aromatic rings. The summed E-state index contributed by atoms with van der Waals surface area (Å²) in [5.41, 5.74) is 0.643. The molecule has 0 heterocycles. The number of benzene rings is 2. The first-order valence-electron chi connectivity index (χ1n) is 9.54. The van der Waals surface area contributed by atoms with Crippen LogP contribution in [0.4, 0.5) is 0 Å². The molecule has 0 spiro atoms. The average molecular weight is 453 g/mol. The highest BCUT2D eigenvalue weighted by Gasteiger charge is 2.30. The number of amides is 2. The molecule has 0 unspecified atom stereocenters. The fraction of sp³-hybridized carbons (Fsp3) is 0.364. The van der Waals surface area contributed by atoms with Gasteiger partial charge in [0.15, 0.2) is 0 Å². The van der Waals surface area contributed by atoms with Crippen LogP contribution in [0.15, 0.2) is 53.4 Å². The zero-order chi connectivity index (χ0) is 21.4. The Hall–Kier alpha value is -1.69. The van der Waals surface area contributed by atoms with Crippen LogP contribution in [0.3, 0.4) is 0 Å². The molecule has 2 rings (SSSR count). The first-order chi connectivity index (χ1) is 13.8. The normalized spacial score (nSPS) is 11.9. The fourth-order valence-corrected chi connectivity index (χ4v) is 4.22. The van der Waals surface area contributed by atoms with Gasteiger partial charge in [0.2, 0.25) is 11.8 Å². The summed E-state index contributed by atoms with van der Waals surface area (Å²) in [5, 5.41) is 3.87. The Morgan fingerprint density at radius 1 is 1.03 bits per heavy atom. The first-order valence-corrected chi connectivity index (χ1v) is 11.3. The SMILES string of the molecule is CC[C@@H](C(=O)NC(C)C)N(Cc1c(Cl)cccc1Cl)C(=O)CSc1ccccc1. The fourth-order valence-electron chi connectivity index (χ4n) is 2.90. The van der Waals surface area contributed by atoms with E-state index in [1.165, 1.54) is 11.8 Å². The Morgan fingerprint density at radius 2 is 1.66 bits per heavy atom. The number of carbonyl (C=O) groups is 2. The topological polar surface area (TPSA) is 49.4 Å². The minimum absolute atomic E-state index is 0.0175. The first kappa shape index (κ1) is 23.6. The van der Waals surface area contributed by atoms with Crippen molar-refractivity contribution in [2.45, 2.75) is 50.7 Å². The Balaban J connectivity index is 2.27. The number of rotatable bonds is 9. The largest absolute Gasteiger partial charge is 0.352 e. The van der Waals surface area contributed by atoms with Crippen LogP contribution in [0, 0.1) is 0 Å². The van der Waals surface area contributed by atoms with Crippen LogP contribution in [0.5, 0.6) is 0 Å². The van der Waals surface area contributed by atoms with Crippen molar-refractivity contribution < 1.29 is 9.59 Å². The predicted octanol–water partition coefficient (Wildman–Crippen LogP) is 5.42. The molecule has 0 aliphatic rings. The quantitative estimate of drug-likeness (QED) is 0.516. The zero-order valence-electron chi connectivity index (χ0n) is 16.8. The van der Waals surface area contributed by atoms with E-state index in [1.54, 1.807) is 23.1 Å². The summed E-state index contributed by atoms with van der Waals surface area (Å²) in [5.74, 6) is -0.0956. The lowest BCUT2D eigenvalue weighted by molar-refractivity contribution is -0.139. The van der Waals surface area contributed by atoms with E-state index in [0.717, 1.165) is 4.90 Å². The number of thioether (sulfide) groups is 1. The van der Waals surface area contributed by atoms with Crippen LogP contribution in [0.2, 0.25) is 10.0 Å². The minimum Gasteiger partial charge on any atom is -0.352 e. The second-order valence-corrected chi connectivity index (χ2v) is 8.77. The Labute approximate surface area is 187 Å². The lowest BCUT2D eigenvalue weighted by atomic mass is 10.1. The molecule has 0 radical (unpaired) electrons. The Kier molecular flexibility index (Phi) is 9.34. The van der Waals surface area contributed by atoms with Gasteiger partial charge >= 0.3 is 0 Å². The summed E-state index contributed by atoms with van der Waals surface area (Å²) in [6.07, 6.45) is 0.488. The number of carbonyl (C=O) groups excluding carboxylic acids is 2. The second-order valence-electron chi connectivity index (χ2n) is 6.91. The molecule has 29 heavy (non-hydrogen) atoms. The summed E-state index contributed by atoms with van der Waals surface area (Å²) in [6, 6.07) is 14.3. The molecule has 2 amide bonds. The third kappa shape index (κ3) is 6.95. The van der Waals surface area contributed by atoms with Gasteiger partial charge in [-0.3, -0.25) is 9.59 Å². The van der Waals surface area contributed by atoms with E-state index >= 15 is 0 Å². The van der Waals surface area contributed by atoms with Crippen molar-refractivity contribution in [3.63, 3.8) is 0 Å². The average Bonchev–Trinajstić information content (AvgIpc) is 2.68. The molecule has 156 valence electrons. The van der Waals surface area contributed by atoms with Gasteiger partial charge in [-0.1, -0.05) is 54.4 Å². The lowest BCUT2D eigenvalue weighted by Gasteiger charge is -2.31. The monoisotopic (exact) mass is 452 g/mol. The van der Waals surface area contributed by atoms with Crippen molar-refractivity contribution in [1.29, 1.82) is 0 Å². The van der Waals surface area contributed by atoms with Crippen LogP contribution < -0.4 is 5.32 Å². The van der Waals surface area contributed by atoms with Gasteiger partial charge in [0.25, 0.3) is 0 Å². The van der Waals surface area contributed by atoms with Crippen molar-refractivity contribution in [3.05, 3.63) is 64.1 Å². The summed E-state index contributed by atoms with van der Waals surface area (Å²) < 4.78 is 0. The van der Waals surface area contributed by atoms with Gasteiger partial charge in [0.05, 0.1) is 5.75 Å². The van der Waals surface area contributed by atoms with Gasteiger partial charge in [-0.2, -0.15) is 0 Å². The number of hydrogen-bond donors (Lipinski definition) is 1. The van der Waals surface area contributed by atoms with Gasteiger partial charge < -0.3 is 10.2 Å². The second kappa shape index (κ2) is 11.5. The highest BCUT2D eigenvalue weighted by molar-refractivity contribution is 8.00. The number of nitrogens with one attached hydrogen (secondary N) is 1. The van der Waals surface area contributed by atoms with E-state index in [2.05, 4.69) is 5.32 Å². The molecule has 2 aromatic carbocycles. The maximum atomic E-state index is 13.2. The van der Waals surface area contributed by atoms with Crippen molar-refractivity contribution in [2.24, 2.45) is 0 Å². The van der Waals surface area contributed by atoms with Gasteiger partial charge in [-0.15, -0.1) is 11.8 Å². The third-order valence-corrected chi connectivity index (χ3v) is 6.02. The predicted molar refractivity (Wildman–Crippen MR) is 122 cm³/mol. The van der Waals surface area contributed by atoms with Gasteiger partial charge in [-0.25, -0.2) is 0 Å². The molecule has 0 saturated carbocycles. The molecule has 0 bridgehead atoms. The molecule has 0 aliphatic carbocycles. The molecule has 4 nitrogen and oxygen atoms in total. The smallest absolute Gasteiger partial charge is 0.243 e. The summed E-state index contributed by atoms with van der Waals surface area (Å²) in [4.78, 5) is 28.5. The van der Waals surface area contributed by atoms with Crippen molar-refractivity contribution in [3.8, 4) is 0 Å². The molecule has 0 fully saturated rings. The zero-order valence-corrected chi connectivity index (χ0v) is 19.2. The molecule has 0 aliphatic heterocycles. The molecule has 0 saturated heterocycles. The lowest BCUT2D eigenvalue weighted by Crippen LogP contribution is -2.51. The highest BCUT2D eigenvalue weighted by atomic mass is 35.5. The molecule has 7 heteroatoms. The summed E-state index contributed by atoms with van der Waals surface area (Å²) >= 11 is 14.1. The van der Waals surface area contributed by atoms with E-state index in [1.807, 2.05) is 51.1 Å². The van der Waals surface area contributed by atoms with E-state index in [0.29, 0.717) is 22.0 Å². The summed E-state index contributed by atoms with van der Waals surface area (Å²) in [7, 11) is 0. The van der Waals surface area contributed by atoms with Crippen molar-refractivity contribution >= 4 is 46.8 Å². The van der Waals surface area contributed by atoms with Crippen LogP contribution >= 0.6 is 35.0 Å². The van der Waals surface area contributed by atoms with Crippen molar-refractivity contribution in [1.82, 2.24) is 10.2 Å². The molecular weight excluding hydrogens is 427 g/mol. The van der Waals surface area contributed by atoms with Gasteiger partial charge in [0.1, 0.15) is 6.04 Å². The van der Waals surface area contributed by atoms with Gasteiger partial charge in [0, 0.05) is 33.1 Å². The van der Waals surface area contributed by atoms with E-state index < -0.39 is 6.04 Å². The maximum absolute atomic E-state index is 13.2. The molecule has 1 N–H and O–H groups in total. The number of halogens is 2. The number of nitrogens with zero attached hydrogens (tertiary/aromatic N) is 1. The van der Waals surface area contributed by atoms with Crippen molar-refractivity contribution in [2.75, 3.05) is 5.75 Å². The standard InChI is InChI=1S/C22H26Cl2N2O2S/c1-4-20(22(28)25-15(2)3)26(13-17-18(23)11-8-12-19(17)24)21(27)14-29-16-9-6-5-7-10-16/h5-12,15,20H,4,13-14H2,1-3H3,(H,25,28)/t20-/m0/s1. The molecule has 0 aromatic heterocycles. The maximum Gasteiger partial charge on any atom is 0.243 e. The van der Waals surface area contributed by atoms with E-state index in [9.17, 15) is 9.59 Å². The van der Waals surface area contributed by atoms with Gasteiger partial charge in [-0.05, 0) is 44.5 Å². The van der Waals surface area contributed by atoms with E-state index in [4.69, 9.17) is 23.2 Å². The van der Waals surface area contributed by atoms with Crippen LogP contribution in [-0.4, -0.2) is 34.6 Å². The highest BCUT2D eigenvalue weighted by Crippen LogP contribution is 2.28. The third-order valence-electron chi connectivity index (χ3n) is 4.31.